The summed E-state index contributed by atoms with van der Waals surface area (Å²) in [6.45, 7) is 0. The second-order valence-corrected chi connectivity index (χ2v) is 7.51. The Kier molecular flexibility index (Phi) is 4.61. The van der Waals surface area contributed by atoms with Gasteiger partial charge in [0.05, 0.1) is 18.5 Å². The zero-order chi connectivity index (χ0) is 18.9. The van der Waals surface area contributed by atoms with E-state index in [-0.39, 0.29) is 18.4 Å². The number of hydrogen-bond donors (Lipinski definition) is 2. The van der Waals surface area contributed by atoms with Crippen molar-refractivity contribution < 1.29 is 4.74 Å². The fourth-order valence-electron chi connectivity index (χ4n) is 4.19. The fraction of sp³-hybridized carbons (Fsp3) is 0.526. The van der Waals surface area contributed by atoms with Crippen molar-refractivity contribution in [3.8, 4) is 0 Å². The summed E-state index contributed by atoms with van der Waals surface area (Å²) >= 11 is 0. The maximum Gasteiger partial charge on any atom is 0.167 e. The lowest BCUT2D eigenvalue weighted by molar-refractivity contribution is -0.00887. The molecule has 3 N–H and O–H groups in total. The van der Waals surface area contributed by atoms with Gasteiger partial charge in [0.25, 0.3) is 0 Å². The van der Waals surface area contributed by atoms with Gasteiger partial charge >= 0.3 is 0 Å². The van der Waals surface area contributed by atoms with E-state index in [1.165, 1.54) is 25.7 Å². The number of fused-ring (bicyclic) bond motifs is 1. The molecule has 146 valence electrons. The average Bonchev–Trinajstić information content (AvgIpc) is 3.48. The Morgan fingerprint density at radius 1 is 1.04 bits per heavy atom. The molecule has 2 aliphatic rings. The number of nitrogens with two attached hydrogens (primary N) is 1. The second-order valence-electron chi connectivity index (χ2n) is 7.51. The van der Waals surface area contributed by atoms with Crippen molar-refractivity contribution in [2.24, 2.45) is 5.73 Å². The van der Waals surface area contributed by atoms with Crippen LogP contribution in [-0.2, 0) is 4.74 Å². The molecule has 0 spiro atoms. The van der Waals surface area contributed by atoms with Crippen LogP contribution in [0, 0.1) is 0 Å². The third kappa shape index (κ3) is 3.20. The molecule has 4 heterocycles. The molecule has 1 aliphatic carbocycles. The van der Waals surface area contributed by atoms with Crippen LogP contribution in [0.25, 0.3) is 11.2 Å². The number of nitrogens with zero attached hydrogens (tertiary/aromatic N) is 6. The standard InChI is InChI=1S/C19H24N8O/c20-15(17-21-8-3-9-22-17)13-6-7-14(28-13)27-11-25-16-18(23-10-24-19(16)27)26-12-4-1-2-5-12/h3,8-15H,1-2,4-7,20H2,(H,23,24,26). The highest BCUT2D eigenvalue weighted by molar-refractivity contribution is 5.82. The number of anilines is 1. The van der Waals surface area contributed by atoms with Gasteiger partial charge in [-0.2, -0.15) is 0 Å². The molecule has 9 nitrogen and oxygen atoms in total. The summed E-state index contributed by atoms with van der Waals surface area (Å²) in [5.41, 5.74) is 7.91. The highest BCUT2D eigenvalue weighted by Gasteiger charge is 2.34. The molecule has 1 saturated heterocycles. The van der Waals surface area contributed by atoms with Gasteiger partial charge in [-0.25, -0.2) is 24.9 Å². The molecule has 2 fully saturated rings. The third-order valence-corrected chi connectivity index (χ3v) is 5.68. The number of nitrogens with one attached hydrogen (secondary N) is 1. The molecule has 9 heteroatoms. The number of rotatable bonds is 5. The number of aromatic nitrogens is 6. The van der Waals surface area contributed by atoms with Crippen LogP contribution in [0.1, 0.15) is 56.6 Å². The van der Waals surface area contributed by atoms with Gasteiger partial charge in [-0.05, 0) is 31.7 Å². The van der Waals surface area contributed by atoms with E-state index < -0.39 is 0 Å². The van der Waals surface area contributed by atoms with Crippen LogP contribution in [-0.4, -0.2) is 41.6 Å². The van der Waals surface area contributed by atoms with E-state index >= 15 is 0 Å². The Labute approximate surface area is 162 Å². The Morgan fingerprint density at radius 2 is 1.86 bits per heavy atom. The topological polar surface area (TPSA) is 117 Å². The first kappa shape index (κ1) is 17.4. The molecule has 0 radical (unpaired) electrons. The lowest BCUT2D eigenvalue weighted by atomic mass is 10.1. The Hall–Kier alpha value is -2.65. The van der Waals surface area contributed by atoms with Crippen LogP contribution in [0.2, 0.25) is 0 Å². The Bertz CT molecular complexity index is 940. The van der Waals surface area contributed by atoms with Crippen molar-refractivity contribution in [1.82, 2.24) is 29.5 Å². The van der Waals surface area contributed by atoms with Gasteiger partial charge in [-0.3, -0.25) is 4.57 Å². The van der Waals surface area contributed by atoms with Gasteiger partial charge in [0.15, 0.2) is 17.0 Å². The first-order valence-electron chi connectivity index (χ1n) is 9.91. The van der Waals surface area contributed by atoms with Crippen molar-refractivity contribution in [3.63, 3.8) is 0 Å². The highest BCUT2D eigenvalue weighted by Crippen LogP contribution is 2.35. The van der Waals surface area contributed by atoms with Crippen LogP contribution < -0.4 is 11.1 Å². The quantitative estimate of drug-likeness (QED) is 0.693. The zero-order valence-corrected chi connectivity index (χ0v) is 15.6. The summed E-state index contributed by atoms with van der Waals surface area (Å²) in [5.74, 6) is 1.41. The van der Waals surface area contributed by atoms with Crippen molar-refractivity contribution in [2.45, 2.75) is 62.9 Å². The summed E-state index contributed by atoms with van der Waals surface area (Å²) in [7, 11) is 0. The second kappa shape index (κ2) is 7.40. The summed E-state index contributed by atoms with van der Waals surface area (Å²) < 4.78 is 8.22. The maximum absolute atomic E-state index is 6.33. The normalized spacial score (nSPS) is 24.0. The lowest BCUT2D eigenvalue weighted by Gasteiger charge is -2.19. The lowest BCUT2D eigenvalue weighted by Crippen LogP contribution is -2.28. The summed E-state index contributed by atoms with van der Waals surface area (Å²) in [5, 5.41) is 3.53. The van der Waals surface area contributed by atoms with E-state index in [0.29, 0.717) is 11.9 Å². The summed E-state index contributed by atoms with van der Waals surface area (Å²) in [4.78, 5) is 22.0. The third-order valence-electron chi connectivity index (χ3n) is 5.68. The summed E-state index contributed by atoms with van der Waals surface area (Å²) in [6, 6.07) is 1.90. The largest absolute Gasteiger partial charge is 0.365 e. The predicted octanol–water partition coefficient (Wildman–Crippen LogP) is 2.35. The monoisotopic (exact) mass is 380 g/mol. The molecule has 3 aromatic heterocycles. The molecule has 5 rings (SSSR count). The van der Waals surface area contributed by atoms with Crippen molar-refractivity contribution in [3.05, 3.63) is 36.9 Å². The van der Waals surface area contributed by atoms with Crippen molar-refractivity contribution in [2.75, 3.05) is 5.32 Å². The van der Waals surface area contributed by atoms with Crippen LogP contribution >= 0.6 is 0 Å². The van der Waals surface area contributed by atoms with Gasteiger partial charge in [0, 0.05) is 18.4 Å². The Balaban J connectivity index is 1.35. The molecule has 3 atom stereocenters. The molecule has 1 saturated carbocycles. The van der Waals surface area contributed by atoms with Crippen LogP contribution in [0.15, 0.2) is 31.1 Å². The number of ether oxygens (including phenoxy) is 1. The molecular formula is C19H24N8O. The van der Waals surface area contributed by atoms with E-state index in [2.05, 4.69) is 30.2 Å². The molecule has 0 aromatic carbocycles. The fourth-order valence-corrected chi connectivity index (χ4v) is 4.19. The first-order chi connectivity index (χ1) is 13.8. The molecule has 0 bridgehead atoms. The van der Waals surface area contributed by atoms with Crippen molar-refractivity contribution in [1.29, 1.82) is 0 Å². The number of imidazole rings is 1. The molecule has 1 aliphatic heterocycles. The minimum Gasteiger partial charge on any atom is -0.365 e. The van der Waals surface area contributed by atoms with E-state index in [1.54, 1.807) is 31.1 Å². The van der Waals surface area contributed by atoms with Crippen molar-refractivity contribution >= 4 is 17.0 Å². The minimum absolute atomic E-state index is 0.136. The van der Waals surface area contributed by atoms with E-state index in [9.17, 15) is 0 Å². The maximum atomic E-state index is 6.33. The van der Waals surface area contributed by atoms with E-state index in [0.717, 1.165) is 29.8 Å². The minimum atomic E-state index is -0.352. The van der Waals surface area contributed by atoms with Gasteiger partial charge in [0.2, 0.25) is 0 Å². The van der Waals surface area contributed by atoms with E-state index in [4.69, 9.17) is 10.5 Å². The molecular weight excluding hydrogens is 356 g/mol. The van der Waals surface area contributed by atoms with Gasteiger partial charge in [0.1, 0.15) is 18.4 Å². The SMILES string of the molecule is NC(c1ncccn1)C1CCC(n2cnc3c(NC4CCCC4)ncnc32)O1. The highest BCUT2D eigenvalue weighted by atomic mass is 16.5. The molecule has 0 amide bonds. The van der Waals surface area contributed by atoms with E-state index in [1.807, 2.05) is 4.57 Å². The molecule has 28 heavy (non-hydrogen) atoms. The molecule has 3 unspecified atom stereocenters. The average molecular weight is 380 g/mol. The van der Waals surface area contributed by atoms with Gasteiger partial charge in [-0.1, -0.05) is 12.8 Å². The zero-order valence-electron chi connectivity index (χ0n) is 15.6. The predicted molar refractivity (Wildman–Crippen MR) is 103 cm³/mol. The van der Waals surface area contributed by atoms with Crippen LogP contribution in [0.5, 0.6) is 0 Å². The molecule has 3 aromatic rings. The van der Waals surface area contributed by atoms with Crippen LogP contribution in [0.4, 0.5) is 5.82 Å². The Morgan fingerprint density at radius 3 is 2.68 bits per heavy atom. The van der Waals surface area contributed by atoms with Gasteiger partial charge in [-0.15, -0.1) is 0 Å². The summed E-state index contributed by atoms with van der Waals surface area (Å²) in [6.07, 6.45) is 13.1. The first-order valence-corrected chi connectivity index (χ1v) is 9.91. The smallest absolute Gasteiger partial charge is 0.167 e. The van der Waals surface area contributed by atoms with Gasteiger partial charge < -0.3 is 15.8 Å². The van der Waals surface area contributed by atoms with Crippen LogP contribution in [0.3, 0.4) is 0 Å². The number of hydrogen-bond acceptors (Lipinski definition) is 8.